The summed E-state index contributed by atoms with van der Waals surface area (Å²) in [6, 6.07) is 0.262. The van der Waals surface area contributed by atoms with Crippen molar-refractivity contribution in [3.8, 4) is 0 Å². The van der Waals surface area contributed by atoms with Gasteiger partial charge in [-0.2, -0.15) is 0 Å². The summed E-state index contributed by atoms with van der Waals surface area (Å²) < 4.78 is 0. The van der Waals surface area contributed by atoms with Crippen LogP contribution in [0.4, 0.5) is 0 Å². The summed E-state index contributed by atoms with van der Waals surface area (Å²) >= 11 is 0. The summed E-state index contributed by atoms with van der Waals surface area (Å²) in [5.41, 5.74) is 6.11. The Balaban J connectivity index is 0.00000161. The molecular weight excluding hydrogens is 290 g/mol. The molecule has 6 heteroatoms. The molecule has 3 aliphatic rings. The molecule has 2 aliphatic heterocycles. The highest BCUT2D eigenvalue weighted by atomic mass is 35.5. The van der Waals surface area contributed by atoms with Gasteiger partial charge in [0, 0.05) is 32.1 Å². The Morgan fingerprint density at radius 2 is 2.00 bits per heavy atom. The normalized spacial score (nSPS) is 32.6. The zero-order chi connectivity index (χ0) is 14.1. The van der Waals surface area contributed by atoms with Crippen LogP contribution in [0.3, 0.4) is 0 Å². The Labute approximate surface area is 132 Å². The van der Waals surface area contributed by atoms with Crippen LogP contribution in [-0.4, -0.2) is 53.8 Å². The van der Waals surface area contributed by atoms with Crippen LogP contribution in [0.1, 0.15) is 38.5 Å². The number of halogens is 1. The Kier molecular flexibility index (Phi) is 5.49. The molecule has 2 amide bonds. The molecule has 5 nitrogen and oxygen atoms in total. The van der Waals surface area contributed by atoms with E-state index in [2.05, 4.69) is 0 Å². The van der Waals surface area contributed by atoms with Gasteiger partial charge in [-0.25, -0.2) is 0 Å². The second-order valence-corrected chi connectivity index (χ2v) is 6.59. The van der Waals surface area contributed by atoms with E-state index in [0.717, 1.165) is 51.7 Å². The lowest BCUT2D eigenvalue weighted by Gasteiger charge is -2.24. The van der Waals surface area contributed by atoms with Gasteiger partial charge in [-0.1, -0.05) is 6.42 Å². The largest absolute Gasteiger partial charge is 0.341 e. The SMILES string of the molecule is Cl.NC1CCC2CN(C(=O)CN3CCCCCC3=O)CC12. The molecule has 120 valence electrons. The summed E-state index contributed by atoms with van der Waals surface area (Å²) in [6.07, 6.45) is 5.93. The molecule has 0 aromatic carbocycles. The van der Waals surface area contributed by atoms with E-state index in [1.54, 1.807) is 4.90 Å². The molecule has 3 unspecified atom stereocenters. The van der Waals surface area contributed by atoms with Gasteiger partial charge in [-0.3, -0.25) is 9.59 Å². The van der Waals surface area contributed by atoms with Gasteiger partial charge in [0.15, 0.2) is 0 Å². The molecule has 0 aromatic rings. The fourth-order valence-corrected chi connectivity index (χ4v) is 3.98. The lowest BCUT2D eigenvalue weighted by molar-refractivity contribution is -0.139. The Morgan fingerprint density at radius 1 is 1.19 bits per heavy atom. The lowest BCUT2D eigenvalue weighted by atomic mass is 9.98. The number of rotatable bonds is 2. The number of carbonyl (C=O) groups is 2. The second-order valence-electron chi connectivity index (χ2n) is 6.59. The molecule has 3 rings (SSSR count). The predicted octanol–water partition coefficient (Wildman–Crippen LogP) is 1.01. The summed E-state index contributed by atoms with van der Waals surface area (Å²) in [5, 5.41) is 0. The molecule has 1 aliphatic carbocycles. The number of carbonyl (C=O) groups excluding carboxylic acids is 2. The predicted molar refractivity (Wildman–Crippen MR) is 83.1 cm³/mol. The maximum atomic E-state index is 12.4. The highest BCUT2D eigenvalue weighted by Crippen LogP contribution is 2.37. The molecule has 0 spiro atoms. The molecule has 0 radical (unpaired) electrons. The van der Waals surface area contributed by atoms with Gasteiger partial charge in [-0.05, 0) is 37.5 Å². The van der Waals surface area contributed by atoms with Crippen molar-refractivity contribution in [1.29, 1.82) is 0 Å². The van der Waals surface area contributed by atoms with E-state index >= 15 is 0 Å². The van der Waals surface area contributed by atoms with Crippen LogP contribution < -0.4 is 5.73 Å². The highest BCUT2D eigenvalue weighted by Gasteiger charge is 2.42. The minimum atomic E-state index is 0. The van der Waals surface area contributed by atoms with E-state index in [4.69, 9.17) is 5.73 Å². The van der Waals surface area contributed by atoms with Crippen molar-refractivity contribution >= 4 is 24.2 Å². The number of nitrogens with two attached hydrogens (primary N) is 1. The zero-order valence-electron chi connectivity index (χ0n) is 12.5. The van der Waals surface area contributed by atoms with Gasteiger partial charge in [0.1, 0.15) is 0 Å². The van der Waals surface area contributed by atoms with E-state index in [1.165, 1.54) is 0 Å². The molecule has 2 N–H and O–H groups in total. The van der Waals surface area contributed by atoms with Crippen LogP contribution in [0.25, 0.3) is 0 Å². The van der Waals surface area contributed by atoms with Crippen molar-refractivity contribution in [2.24, 2.45) is 17.6 Å². The Hall–Kier alpha value is -0.810. The summed E-state index contributed by atoms with van der Waals surface area (Å²) in [7, 11) is 0. The summed E-state index contributed by atoms with van der Waals surface area (Å²) in [6.45, 7) is 2.66. The van der Waals surface area contributed by atoms with Crippen molar-refractivity contribution in [3.63, 3.8) is 0 Å². The van der Waals surface area contributed by atoms with Crippen LogP contribution in [0.15, 0.2) is 0 Å². The topological polar surface area (TPSA) is 66.6 Å². The van der Waals surface area contributed by atoms with Crippen LogP contribution in [0, 0.1) is 11.8 Å². The summed E-state index contributed by atoms with van der Waals surface area (Å²) in [4.78, 5) is 28.0. The quantitative estimate of drug-likeness (QED) is 0.827. The van der Waals surface area contributed by atoms with Crippen LogP contribution >= 0.6 is 12.4 Å². The van der Waals surface area contributed by atoms with E-state index < -0.39 is 0 Å². The first kappa shape index (κ1) is 16.6. The van der Waals surface area contributed by atoms with Gasteiger partial charge in [0.05, 0.1) is 6.54 Å². The molecular formula is C15H26ClN3O2. The zero-order valence-corrected chi connectivity index (χ0v) is 13.3. The number of amides is 2. The molecule has 0 aromatic heterocycles. The fraction of sp³-hybridized carbons (Fsp3) is 0.867. The van der Waals surface area contributed by atoms with Gasteiger partial charge >= 0.3 is 0 Å². The monoisotopic (exact) mass is 315 g/mol. The average Bonchev–Trinajstić information content (AvgIpc) is 2.93. The maximum Gasteiger partial charge on any atom is 0.242 e. The number of nitrogens with zero attached hydrogens (tertiary/aromatic N) is 2. The van der Waals surface area contributed by atoms with E-state index in [9.17, 15) is 9.59 Å². The standard InChI is InChI=1S/C15H25N3O2.ClH/c16-13-6-5-11-8-18(9-12(11)13)15(20)10-17-7-3-1-2-4-14(17)19;/h11-13H,1-10,16H2;1H. The molecule has 3 atom stereocenters. The maximum absolute atomic E-state index is 12.4. The van der Waals surface area contributed by atoms with Crippen molar-refractivity contribution in [2.45, 2.75) is 44.6 Å². The fourth-order valence-electron chi connectivity index (χ4n) is 3.98. The lowest BCUT2D eigenvalue weighted by Crippen LogP contribution is -2.42. The van der Waals surface area contributed by atoms with Crippen LogP contribution in [-0.2, 0) is 9.59 Å². The molecule has 2 heterocycles. The minimum Gasteiger partial charge on any atom is -0.341 e. The first-order chi connectivity index (χ1) is 9.65. The smallest absolute Gasteiger partial charge is 0.242 e. The molecule has 2 saturated heterocycles. The van der Waals surface area contributed by atoms with Gasteiger partial charge < -0.3 is 15.5 Å². The number of hydrogen-bond acceptors (Lipinski definition) is 3. The van der Waals surface area contributed by atoms with Crippen LogP contribution in [0.5, 0.6) is 0 Å². The molecule has 21 heavy (non-hydrogen) atoms. The average molecular weight is 316 g/mol. The van der Waals surface area contributed by atoms with Crippen molar-refractivity contribution < 1.29 is 9.59 Å². The van der Waals surface area contributed by atoms with E-state index in [0.29, 0.717) is 18.3 Å². The number of hydrogen-bond donors (Lipinski definition) is 1. The van der Waals surface area contributed by atoms with E-state index in [-0.39, 0.29) is 36.8 Å². The van der Waals surface area contributed by atoms with Gasteiger partial charge in [0.25, 0.3) is 0 Å². The minimum absolute atomic E-state index is 0. The molecule has 3 fully saturated rings. The second kappa shape index (κ2) is 6.97. The third kappa shape index (κ3) is 3.51. The highest BCUT2D eigenvalue weighted by molar-refractivity contribution is 5.85. The van der Waals surface area contributed by atoms with E-state index in [1.807, 2.05) is 4.90 Å². The van der Waals surface area contributed by atoms with Crippen molar-refractivity contribution in [3.05, 3.63) is 0 Å². The Morgan fingerprint density at radius 3 is 2.76 bits per heavy atom. The molecule has 0 bridgehead atoms. The Bertz CT molecular complexity index is 404. The van der Waals surface area contributed by atoms with Crippen LogP contribution in [0.2, 0.25) is 0 Å². The summed E-state index contributed by atoms with van der Waals surface area (Å²) in [5.74, 6) is 1.33. The number of fused-ring (bicyclic) bond motifs is 1. The third-order valence-corrected chi connectivity index (χ3v) is 5.26. The number of likely N-dealkylation sites (tertiary alicyclic amines) is 2. The molecule has 1 saturated carbocycles. The third-order valence-electron chi connectivity index (χ3n) is 5.26. The van der Waals surface area contributed by atoms with Gasteiger partial charge in [-0.15, -0.1) is 12.4 Å². The first-order valence-electron chi connectivity index (χ1n) is 7.96. The van der Waals surface area contributed by atoms with Gasteiger partial charge in [0.2, 0.25) is 11.8 Å². The van der Waals surface area contributed by atoms with Crippen molar-refractivity contribution in [1.82, 2.24) is 9.80 Å². The first-order valence-corrected chi connectivity index (χ1v) is 7.96. The van der Waals surface area contributed by atoms with Crippen molar-refractivity contribution in [2.75, 3.05) is 26.2 Å².